The van der Waals surface area contributed by atoms with Gasteiger partial charge in [-0.05, 0) is 33.2 Å². The summed E-state index contributed by atoms with van der Waals surface area (Å²) in [7, 11) is 0. The molecular weight excluding hydrogens is 190 g/mol. The van der Waals surface area contributed by atoms with E-state index in [9.17, 15) is 0 Å². The van der Waals surface area contributed by atoms with Crippen LogP contribution in [-0.2, 0) is 13.0 Å². The van der Waals surface area contributed by atoms with Gasteiger partial charge in [0.2, 0.25) is 5.95 Å². The van der Waals surface area contributed by atoms with E-state index >= 15 is 0 Å². The fraction of sp³-hybridized carbons (Fsp3) is 0.800. The smallest absolute Gasteiger partial charge is 0.224 e. The Labute approximate surface area is 91.1 Å². The highest BCUT2D eigenvalue weighted by Crippen LogP contribution is 2.09. The van der Waals surface area contributed by atoms with Crippen LogP contribution in [0.15, 0.2) is 0 Å². The van der Waals surface area contributed by atoms with Crippen LogP contribution in [-0.4, -0.2) is 27.9 Å². The van der Waals surface area contributed by atoms with Gasteiger partial charge < -0.3 is 11.1 Å². The largest absolute Gasteiger partial charge is 0.355 e. The van der Waals surface area contributed by atoms with Gasteiger partial charge in [0.05, 0.1) is 0 Å². The maximum absolute atomic E-state index is 5.46. The van der Waals surface area contributed by atoms with Gasteiger partial charge in [0, 0.05) is 19.5 Å². The maximum Gasteiger partial charge on any atom is 0.224 e. The molecule has 0 spiro atoms. The first-order valence-electron chi connectivity index (χ1n) is 5.69. The van der Waals surface area contributed by atoms with Crippen molar-refractivity contribution < 1.29 is 0 Å². The summed E-state index contributed by atoms with van der Waals surface area (Å²) < 4.78 is 2.13. The second kappa shape index (κ2) is 6.40. The molecule has 86 valence electrons. The summed E-state index contributed by atoms with van der Waals surface area (Å²) in [6.45, 7) is 6.70. The molecule has 1 heterocycles. The average Bonchev–Trinajstić information content (AvgIpc) is 2.62. The van der Waals surface area contributed by atoms with Crippen molar-refractivity contribution in [3.05, 3.63) is 5.82 Å². The van der Waals surface area contributed by atoms with Crippen LogP contribution in [0.1, 0.15) is 32.5 Å². The third-order valence-electron chi connectivity index (χ3n) is 2.33. The standard InChI is InChI=1S/C10H21N5/c1-3-12-10-14-13-9(15(10)4-2)7-5-6-8-11/h3-8,11H2,1-2H3,(H,12,14). The van der Waals surface area contributed by atoms with E-state index in [2.05, 4.69) is 33.9 Å². The van der Waals surface area contributed by atoms with E-state index in [-0.39, 0.29) is 0 Å². The van der Waals surface area contributed by atoms with E-state index < -0.39 is 0 Å². The molecule has 0 saturated heterocycles. The van der Waals surface area contributed by atoms with E-state index in [1.807, 2.05) is 0 Å². The predicted molar refractivity (Wildman–Crippen MR) is 61.9 cm³/mol. The van der Waals surface area contributed by atoms with Crippen LogP contribution in [0.2, 0.25) is 0 Å². The number of rotatable bonds is 7. The molecule has 1 aromatic heterocycles. The van der Waals surface area contributed by atoms with E-state index in [4.69, 9.17) is 5.73 Å². The first kappa shape index (κ1) is 12.0. The number of hydrogen-bond donors (Lipinski definition) is 2. The molecule has 0 saturated carbocycles. The summed E-state index contributed by atoms with van der Waals surface area (Å²) in [4.78, 5) is 0. The van der Waals surface area contributed by atoms with E-state index in [1.54, 1.807) is 0 Å². The summed E-state index contributed by atoms with van der Waals surface area (Å²) in [5, 5.41) is 11.5. The Balaban J connectivity index is 2.62. The van der Waals surface area contributed by atoms with Gasteiger partial charge in [0.1, 0.15) is 5.82 Å². The molecule has 5 heteroatoms. The van der Waals surface area contributed by atoms with Gasteiger partial charge in [-0.25, -0.2) is 0 Å². The topological polar surface area (TPSA) is 68.8 Å². The zero-order valence-corrected chi connectivity index (χ0v) is 9.66. The Hall–Kier alpha value is -1.10. The van der Waals surface area contributed by atoms with Gasteiger partial charge in [-0.2, -0.15) is 0 Å². The summed E-state index contributed by atoms with van der Waals surface area (Å²) in [5.41, 5.74) is 5.46. The Morgan fingerprint density at radius 1 is 1.27 bits per heavy atom. The molecule has 0 atom stereocenters. The second-order valence-electron chi connectivity index (χ2n) is 3.46. The van der Waals surface area contributed by atoms with Crippen molar-refractivity contribution in [1.82, 2.24) is 14.8 Å². The van der Waals surface area contributed by atoms with Crippen LogP contribution in [0, 0.1) is 0 Å². The molecule has 15 heavy (non-hydrogen) atoms. The third-order valence-corrected chi connectivity index (χ3v) is 2.33. The Morgan fingerprint density at radius 2 is 2.07 bits per heavy atom. The molecule has 5 nitrogen and oxygen atoms in total. The minimum absolute atomic E-state index is 0.750. The number of nitrogens with two attached hydrogens (primary N) is 1. The summed E-state index contributed by atoms with van der Waals surface area (Å²) in [6, 6.07) is 0. The monoisotopic (exact) mass is 211 g/mol. The molecule has 0 aliphatic rings. The normalized spacial score (nSPS) is 10.6. The third kappa shape index (κ3) is 3.20. The van der Waals surface area contributed by atoms with Crippen molar-refractivity contribution in [3.63, 3.8) is 0 Å². The highest BCUT2D eigenvalue weighted by molar-refractivity contribution is 5.25. The lowest BCUT2D eigenvalue weighted by Crippen LogP contribution is -2.09. The molecule has 0 aliphatic heterocycles. The minimum Gasteiger partial charge on any atom is -0.355 e. The number of anilines is 1. The summed E-state index contributed by atoms with van der Waals surface area (Å²) in [6.07, 6.45) is 3.09. The molecular formula is C10H21N5. The van der Waals surface area contributed by atoms with Gasteiger partial charge in [0.15, 0.2) is 0 Å². The molecule has 0 unspecified atom stereocenters. The fourth-order valence-electron chi connectivity index (χ4n) is 1.57. The fourth-order valence-corrected chi connectivity index (χ4v) is 1.57. The second-order valence-corrected chi connectivity index (χ2v) is 3.46. The van der Waals surface area contributed by atoms with Gasteiger partial charge in [-0.1, -0.05) is 0 Å². The van der Waals surface area contributed by atoms with E-state index in [0.29, 0.717) is 0 Å². The zero-order chi connectivity index (χ0) is 11.1. The van der Waals surface area contributed by atoms with Crippen molar-refractivity contribution in [2.45, 2.75) is 39.7 Å². The van der Waals surface area contributed by atoms with Crippen LogP contribution in [0.5, 0.6) is 0 Å². The van der Waals surface area contributed by atoms with Crippen molar-refractivity contribution in [2.75, 3.05) is 18.4 Å². The number of hydrogen-bond acceptors (Lipinski definition) is 4. The van der Waals surface area contributed by atoms with Crippen LogP contribution in [0.25, 0.3) is 0 Å². The maximum atomic E-state index is 5.46. The number of aromatic nitrogens is 3. The van der Waals surface area contributed by atoms with Crippen LogP contribution in [0.3, 0.4) is 0 Å². The first-order chi connectivity index (χ1) is 7.33. The van der Waals surface area contributed by atoms with Gasteiger partial charge in [-0.15, -0.1) is 10.2 Å². The van der Waals surface area contributed by atoms with Crippen LogP contribution < -0.4 is 11.1 Å². The molecule has 1 rings (SSSR count). The average molecular weight is 211 g/mol. The van der Waals surface area contributed by atoms with Gasteiger partial charge in [0.25, 0.3) is 0 Å². The SMILES string of the molecule is CCNc1nnc(CCCCN)n1CC. The summed E-state index contributed by atoms with van der Waals surface area (Å²) in [5.74, 6) is 1.93. The number of unbranched alkanes of at least 4 members (excludes halogenated alkanes) is 1. The Bertz CT molecular complexity index is 281. The lowest BCUT2D eigenvalue weighted by molar-refractivity contribution is 0.653. The minimum atomic E-state index is 0.750. The van der Waals surface area contributed by atoms with Crippen molar-refractivity contribution >= 4 is 5.95 Å². The van der Waals surface area contributed by atoms with Crippen molar-refractivity contribution in [1.29, 1.82) is 0 Å². The molecule has 0 radical (unpaired) electrons. The van der Waals surface area contributed by atoms with Crippen LogP contribution in [0.4, 0.5) is 5.95 Å². The quantitative estimate of drug-likeness (QED) is 0.660. The van der Waals surface area contributed by atoms with Crippen LogP contribution >= 0.6 is 0 Å². The van der Waals surface area contributed by atoms with E-state index in [0.717, 1.165) is 50.7 Å². The number of nitrogens with zero attached hydrogens (tertiary/aromatic N) is 3. The Kier molecular flexibility index (Phi) is 5.10. The molecule has 0 amide bonds. The number of nitrogens with one attached hydrogen (secondary N) is 1. The first-order valence-corrected chi connectivity index (χ1v) is 5.69. The predicted octanol–water partition coefficient (Wildman–Crippen LogP) is 1.01. The number of aryl methyl sites for hydroxylation is 1. The molecule has 0 aromatic carbocycles. The van der Waals surface area contributed by atoms with Crippen molar-refractivity contribution in [2.24, 2.45) is 5.73 Å². The highest BCUT2D eigenvalue weighted by Gasteiger charge is 2.08. The van der Waals surface area contributed by atoms with E-state index in [1.165, 1.54) is 0 Å². The zero-order valence-electron chi connectivity index (χ0n) is 9.66. The van der Waals surface area contributed by atoms with Gasteiger partial charge in [-0.3, -0.25) is 4.57 Å². The molecule has 3 N–H and O–H groups in total. The molecule has 0 fully saturated rings. The molecule has 0 aliphatic carbocycles. The van der Waals surface area contributed by atoms with Crippen molar-refractivity contribution in [3.8, 4) is 0 Å². The lowest BCUT2D eigenvalue weighted by Gasteiger charge is -2.07. The highest BCUT2D eigenvalue weighted by atomic mass is 15.3. The Morgan fingerprint density at radius 3 is 2.67 bits per heavy atom. The van der Waals surface area contributed by atoms with Gasteiger partial charge >= 0.3 is 0 Å². The summed E-state index contributed by atoms with van der Waals surface area (Å²) >= 11 is 0. The molecule has 0 bridgehead atoms. The molecule has 1 aromatic rings. The lowest BCUT2D eigenvalue weighted by atomic mass is 10.2.